The van der Waals surface area contributed by atoms with Crippen molar-refractivity contribution in [2.45, 2.75) is 54.1 Å². The molecule has 0 N–H and O–H groups in total. The van der Waals surface area contributed by atoms with E-state index in [-0.39, 0.29) is 11.0 Å². The molecule has 0 radical (unpaired) electrons. The summed E-state index contributed by atoms with van der Waals surface area (Å²) in [6.07, 6.45) is 4.02. The maximum absolute atomic E-state index is 12.2. The number of thioether (sulfide) groups is 1. The fraction of sp³-hybridized carbons (Fsp3) is 0.571. The summed E-state index contributed by atoms with van der Waals surface area (Å²) in [4.78, 5) is 0.267. The lowest BCUT2D eigenvalue weighted by Crippen LogP contribution is -2.27. The van der Waals surface area contributed by atoms with Crippen LogP contribution in [-0.2, 0) is 14.3 Å². The Kier molecular flexibility index (Phi) is 3.62. The third-order valence-electron chi connectivity index (χ3n) is 3.82. The van der Waals surface area contributed by atoms with E-state index in [1.54, 1.807) is 24.3 Å². The molecule has 2 aliphatic rings. The van der Waals surface area contributed by atoms with Crippen molar-refractivity contribution < 1.29 is 12.6 Å². The minimum absolute atomic E-state index is 0.134. The van der Waals surface area contributed by atoms with Crippen molar-refractivity contribution >= 4 is 21.9 Å². The van der Waals surface area contributed by atoms with Crippen molar-refractivity contribution in [1.29, 1.82) is 0 Å². The summed E-state index contributed by atoms with van der Waals surface area (Å²) in [5, 5.41) is 1.19. The summed E-state index contributed by atoms with van der Waals surface area (Å²) < 4.78 is 29.9. The first-order chi connectivity index (χ1) is 9.03. The molecule has 0 aromatic heterocycles. The zero-order valence-corrected chi connectivity index (χ0v) is 12.5. The highest BCUT2D eigenvalue weighted by molar-refractivity contribution is 8.00. The summed E-state index contributed by atoms with van der Waals surface area (Å²) in [6.45, 7) is 1.94. The predicted octanol–water partition coefficient (Wildman–Crippen LogP) is 3.13. The van der Waals surface area contributed by atoms with Crippen molar-refractivity contribution in [3.05, 3.63) is 29.8 Å². The Balaban J connectivity index is 1.73. The average Bonchev–Trinajstić information content (AvgIpc) is 2.69. The van der Waals surface area contributed by atoms with E-state index in [9.17, 15) is 8.42 Å². The number of benzene rings is 1. The Morgan fingerprint density at radius 2 is 1.68 bits per heavy atom. The van der Waals surface area contributed by atoms with E-state index in [1.165, 1.54) is 12.8 Å². The number of hydrogen-bond acceptors (Lipinski definition) is 4. The maximum Gasteiger partial charge on any atom is 0.297 e. The molecule has 1 aromatic rings. The molecule has 0 unspecified atom stereocenters. The van der Waals surface area contributed by atoms with Crippen LogP contribution in [0.4, 0.5) is 0 Å². The second-order valence-electron chi connectivity index (χ2n) is 5.41. The Bertz CT molecular complexity index is 539. The van der Waals surface area contributed by atoms with Crippen LogP contribution in [0.5, 0.6) is 0 Å². The van der Waals surface area contributed by atoms with E-state index in [4.69, 9.17) is 4.18 Å². The number of hydrogen-bond donors (Lipinski definition) is 0. The van der Waals surface area contributed by atoms with Crippen molar-refractivity contribution in [1.82, 2.24) is 0 Å². The van der Waals surface area contributed by atoms with Crippen LogP contribution >= 0.6 is 11.8 Å². The standard InChI is InChI=1S/C14H18O3S2/c1-10-2-6-14(7-3-10)19(15,16)17-11-8-12-4-5-13(9-11)18-12/h2-3,6-7,11-13H,4-5,8-9H2,1H3/t12-,13-/m1/s1. The van der Waals surface area contributed by atoms with Gasteiger partial charge in [-0.3, -0.25) is 4.18 Å². The molecule has 2 bridgehead atoms. The van der Waals surface area contributed by atoms with Gasteiger partial charge in [-0.25, -0.2) is 0 Å². The summed E-state index contributed by atoms with van der Waals surface area (Å²) in [5.41, 5.74) is 1.05. The summed E-state index contributed by atoms with van der Waals surface area (Å²) >= 11 is 2.01. The fourth-order valence-corrected chi connectivity index (χ4v) is 5.66. The van der Waals surface area contributed by atoms with Crippen molar-refractivity contribution in [3.63, 3.8) is 0 Å². The molecular weight excluding hydrogens is 280 g/mol. The molecule has 0 spiro atoms. The van der Waals surface area contributed by atoms with E-state index >= 15 is 0 Å². The highest BCUT2D eigenvalue weighted by Gasteiger charge is 2.37. The Labute approximate surface area is 118 Å². The van der Waals surface area contributed by atoms with Gasteiger partial charge in [0.15, 0.2) is 0 Å². The SMILES string of the molecule is Cc1ccc(S(=O)(=O)OC2C[C@H]3CC[C@H](C2)S3)cc1. The number of rotatable bonds is 3. The predicted molar refractivity (Wildman–Crippen MR) is 76.9 cm³/mol. The lowest BCUT2D eigenvalue weighted by molar-refractivity contribution is 0.190. The van der Waals surface area contributed by atoms with E-state index in [0.29, 0.717) is 10.5 Å². The van der Waals surface area contributed by atoms with Crippen LogP contribution in [0, 0.1) is 6.92 Å². The van der Waals surface area contributed by atoms with Crippen LogP contribution in [0.15, 0.2) is 29.2 Å². The molecule has 5 heteroatoms. The third-order valence-corrected chi connectivity index (χ3v) is 6.82. The van der Waals surface area contributed by atoms with Gasteiger partial charge in [0.25, 0.3) is 10.1 Å². The van der Waals surface area contributed by atoms with Crippen molar-refractivity contribution in [2.75, 3.05) is 0 Å². The molecule has 0 saturated carbocycles. The normalized spacial score (nSPS) is 30.5. The zero-order valence-electron chi connectivity index (χ0n) is 10.9. The van der Waals surface area contributed by atoms with E-state index in [2.05, 4.69) is 0 Å². The molecule has 2 aliphatic heterocycles. The van der Waals surface area contributed by atoms with E-state index < -0.39 is 10.1 Å². The molecule has 0 aliphatic carbocycles. The fourth-order valence-electron chi connectivity index (χ4n) is 2.83. The van der Waals surface area contributed by atoms with Crippen LogP contribution in [-0.4, -0.2) is 25.0 Å². The van der Waals surface area contributed by atoms with Gasteiger partial charge in [0.05, 0.1) is 11.0 Å². The monoisotopic (exact) mass is 298 g/mol. The van der Waals surface area contributed by atoms with Gasteiger partial charge in [-0.1, -0.05) is 17.7 Å². The maximum atomic E-state index is 12.2. The Hall–Kier alpha value is -0.520. The molecule has 2 atom stereocenters. The molecule has 1 aromatic carbocycles. The largest absolute Gasteiger partial charge is 0.297 e. The molecule has 2 heterocycles. The first kappa shape index (κ1) is 13.5. The van der Waals surface area contributed by atoms with Gasteiger partial charge < -0.3 is 0 Å². The first-order valence-corrected chi connectivity index (χ1v) is 9.03. The number of fused-ring (bicyclic) bond motifs is 2. The highest BCUT2D eigenvalue weighted by atomic mass is 32.2. The van der Waals surface area contributed by atoms with Gasteiger partial charge in [-0.15, -0.1) is 0 Å². The minimum Gasteiger partial charge on any atom is -0.263 e. The van der Waals surface area contributed by atoms with Gasteiger partial charge in [-0.05, 0) is 44.7 Å². The Morgan fingerprint density at radius 3 is 2.26 bits per heavy atom. The lowest BCUT2D eigenvalue weighted by Gasteiger charge is -2.26. The smallest absolute Gasteiger partial charge is 0.263 e. The molecule has 0 amide bonds. The molecule has 104 valence electrons. The van der Waals surface area contributed by atoms with Gasteiger partial charge in [-0.2, -0.15) is 20.2 Å². The zero-order chi connectivity index (χ0) is 13.5. The third kappa shape index (κ3) is 2.98. The molecule has 2 fully saturated rings. The summed E-state index contributed by atoms with van der Waals surface area (Å²) in [6, 6.07) is 6.85. The van der Waals surface area contributed by atoms with Gasteiger partial charge in [0.1, 0.15) is 0 Å². The second kappa shape index (κ2) is 5.11. The summed E-state index contributed by atoms with van der Waals surface area (Å²) in [7, 11) is -3.60. The molecule has 2 saturated heterocycles. The van der Waals surface area contributed by atoms with Crippen molar-refractivity contribution in [2.24, 2.45) is 0 Å². The van der Waals surface area contributed by atoms with E-state index in [0.717, 1.165) is 18.4 Å². The number of aryl methyl sites for hydroxylation is 1. The van der Waals surface area contributed by atoms with E-state index in [1.807, 2.05) is 18.7 Å². The Morgan fingerprint density at radius 1 is 1.11 bits per heavy atom. The summed E-state index contributed by atoms with van der Waals surface area (Å²) in [5.74, 6) is 0. The molecular formula is C14H18O3S2. The van der Waals surface area contributed by atoms with Crippen LogP contribution in [0.2, 0.25) is 0 Å². The average molecular weight is 298 g/mol. The van der Waals surface area contributed by atoms with Gasteiger partial charge in [0, 0.05) is 10.5 Å². The van der Waals surface area contributed by atoms with Crippen LogP contribution in [0.1, 0.15) is 31.2 Å². The van der Waals surface area contributed by atoms with Gasteiger partial charge >= 0.3 is 0 Å². The van der Waals surface area contributed by atoms with Crippen LogP contribution in [0.25, 0.3) is 0 Å². The quantitative estimate of drug-likeness (QED) is 0.804. The topological polar surface area (TPSA) is 43.4 Å². The molecule has 3 rings (SSSR count). The van der Waals surface area contributed by atoms with Crippen LogP contribution in [0.3, 0.4) is 0 Å². The second-order valence-corrected chi connectivity index (χ2v) is 8.59. The van der Waals surface area contributed by atoms with Crippen molar-refractivity contribution in [3.8, 4) is 0 Å². The first-order valence-electron chi connectivity index (χ1n) is 6.68. The van der Waals surface area contributed by atoms with Gasteiger partial charge in [0.2, 0.25) is 0 Å². The molecule has 3 nitrogen and oxygen atoms in total. The van der Waals surface area contributed by atoms with Crippen LogP contribution < -0.4 is 0 Å². The lowest BCUT2D eigenvalue weighted by atomic mass is 10.1. The minimum atomic E-state index is -3.60. The highest BCUT2D eigenvalue weighted by Crippen LogP contribution is 2.44. The molecule has 19 heavy (non-hydrogen) atoms.